The van der Waals surface area contributed by atoms with Crippen LogP contribution in [0.4, 0.5) is 0 Å². The second-order valence-corrected chi connectivity index (χ2v) is 14.8. The lowest BCUT2D eigenvalue weighted by molar-refractivity contribution is 0.530. The van der Waals surface area contributed by atoms with Crippen LogP contribution in [0.15, 0.2) is 192 Å². The lowest BCUT2D eigenvalue weighted by Crippen LogP contribution is -2.06. The molecule has 274 valence electrons. The molecule has 0 radical (unpaired) electrons. The third-order valence-corrected chi connectivity index (χ3v) is 11.1. The van der Waals surface area contributed by atoms with Crippen molar-refractivity contribution in [3.05, 3.63) is 199 Å². The van der Waals surface area contributed by atoms with Gasteiger partial charge in [-0.25, -0.2) is 9.55 Å². The summed E-state index contributed by atoms with van der Waals surface area (Å²) in [6.45, 7) is 0. The van der Waals surface area contributed by atoms with Crippen molar-refractivity contribution in [3.8, 4) is 73.2 Å². The average molecular weight is 745 g/mol. The Morgan fingerprint density at radius 1 is 0.431 bits per heavy atom. The van der Waals surface area contributed by atoms with Gasteiger partial charge in [-0.05, 0) is 93.4 Å². The number of para-hydroxylation sites is 1. The molecule has 3 heterocycles. The SMILES string of the molecule is C1=Cc2c(oc3c2c2ccccc2n3-c2nc(-c3cc(-c4ccccc4)cc(-c4ccccc4)c3)nc(-c3cc(-c4ccccc4)cc(-c4ccccc4)c3)n2)CC1. The minimum Gasteiger partial charge on any atom is -0.443 e. The number of allylic oxidation sites excluding steroid dienone is 1. The predicted molar refractivity (Wildman–Crippen MR) is 236 cm³/mol. The molecule has 10 aromatic rings. The highest BCUT2D eigenvalue weighted by atomic mass is 16.3. The number of hydrogen-bond acceptors (Lipinski definition) is 4. The Labute approximate surface area is 336 Å². The average Bonchev–Trinajstić information content (AvgIpc) is 3.84. The summed E-state index contributed by atoms with van der Waals surface area (Å²) < 4.78 is 8.86. The standard InChI is InChI=1S/C53H36N4O/c1-5-17-35(18-6-1)39-29-40(36-19-7-2-8-20-36)32-43(31-39)50-54-51(44-33-41(37-21-9-3-10-22-37)30-42(34-44)38-23-11-4-12-24-38)56-53(55-50)57-47-27-15-13-25-45(47)49-46-26-14-16-28-48(46)58-52(49)57/h1-15,17-27,29-34H,16,28H2. The summed E-state index contributed by atoms with van der Waals surface area (Å²) in [6, 6.07) is 63.7. The van der Waals surface area contributed by atoms with Crippen LogP contribution < -0.4 is 0 Å². The van der Waals surface area contributed by atoms with Gasteiger partial charge in [-0.3, -0.25) is 0 Å². The van der Waals surface area contributed by atoms with Crippen LogP contribution in [0.25, 0.3) is 101 Å². The van der Waals surface area contributed by atoms with Crippen molar-refractivity contribution in [3.63, 3.8) is 0 Å². The molecule has 0 spiro atoms. The van der Waals surface area contributed by atoms with Gasteiger partial charge < -0.3 is 4.42 Å². The summed E-state index contributed by atoms with van der Waals surface area (Å²) in [5.74, 6) is 2.64. The smallest absolute Gasteiger partial charge is 0.241 e. The van der Waals surface area contributed by atoms with Crippen LogP contribution in [-0.2, 0) is 6.42 Å². The first-order valence-electron chi connectivity index (χ1n) is 19.7. The number of benzene rings is 7. The molecule has 0 atom stereocenters. The van der Waals surface area contributed by atoms with Crippen molar-refractivity contribution < 1.29 is 4.42 Å². The van der Waals surface area contributed by atoms with E-state index in [4.69, 9.17) is 19.4 Å². The van der Waals surface area contributed by atoms with Crippen LogP contribution in [0.3, 0.4) is 0 Å². The van der Waals surface area contributed by atoms with E-state index in [1.54, 1.807) is 0 Å². The van der Waals surface area contributed by atoms with E-state index in [1.165, 1.54) is 0 Å². The number of aryl methyl sites for hydroxylation is 1. The van der Waals surface area contributed by atoms with Gasteiger partial charge in [0.25, 0.3) is 0 Å². The molecule has 11 rings (SSSR count). The van der Waals surface area contributed by atoms with Gasteiger partial charge in [-0.2, -0.15) is 9.97 Å². The molecule has 0 fully saturated rings. The maximum atomic E-state index is 6.77. The highest BCUT2D eigenvalue weighted by Crippen LogP contribution is 2.41. The van der Waals surface area contributed by atoms with Crippen LogP contribution >= 0.6 is 0 Å². The van der Waals surface area contributed by atoms with E-state index in [0.717, 1.165) is 102 Å². The zero-order valence-corrected chi connectivity index (χ0v) is 31.6. The van der Waals surface area contributed by atoms with Gasteiger partial charge in [0, 0.05) is 28.5 Å². The Morgan fingerprint density at radius 3 is 1.34 bits per heavy atom. The Hall–Kier alpha value is -7.63. The van der Waals surface area contributed by atoms with E-state index in [2.05, 4.69) is 174 Å². The van der Waals surface area contributed by atoms with Crippen molar-refractivity contribution in [2.75, 3.05) is 0 Å². The molecule has 0 unspecified atom stereocenters. The summed E-state index contributed by atoms with van der Waals surface area (Å²) in [6.07, 6.45) is 6.23. The van der Waals surface area contributed by atoms with Crippen LogP contribution in [0.1, 0.15) is 17.7 Å². The highest BCUT2D eigenvalue weighted by molar-refractivity contribution is 6.11. The van der Waals surface area contributed by atoms with Crippen LogP contribution in [0.2, 0.25) is 0 Å². The fraction of sp³-hybridized carbons (Fsp3) is 0.0377. The molecule has 0 N–H and O–H groups in total. The summed E-state index contributed by atoms with van der Waals surface area (Å²) in [5.41, 5.74) is 13.4. The fourth-order valence-corrected chi connectivity index (χ4v) is 8.29. The summed E-state index contributed by atoms with van der Waals surface area (Å²) in [4.78, 5) is 16.1. The van der Waals surface area contributed by atoms with Crippen molar-refractivity contribution in [1.29, 1.82) is 0 Å². The molecule has 58 heavy (non-hydrogen) atoms. The molecule has 0 saturated carbocycles. The quantitative estimate of drug-likeness (QED) is 0.163. The first-order chi connectivity index (χ1) is 28.7. The normalized spacial score (nSPS) is 12.3. The molecule has 7 aromatic carbocycles. The third-order valence-electron chi connectivity index (χ3n) is 11.1. The van der Waals surface area contributed by atoms with Crippen LogP contribution in [0, 0.1) is 0 Å². The van der Waals surface area contributed by atoms with E-state index in [1.807, 2.05) is 24.3 Å². The molecule has 1 aliphatic rings. The van der Waals surface area contributed by atoms with E-state index in [9.17, 15) is 0 Å². The van der Waals surface area contributed by atoms with Crippen molar-refractivity contribution in [1.82, 2.24) is 19.5 Å². The summed E-state index contributed by atoms with van der Waals surface area (Å²) in [7, 11) is 0. The molecule has 0 saturated heterocycles. The van der Waals surface area contributed by atoms with E-state index in [-0.39, 0.29) is 0 Å². The summed E-state index contributed by atoms with van der Waals surface area (Å²) >= 11 is 0. The number of nitrogens with zero attached hydrogens (tertiary/aromatic N) is 4. The van der Waals surface area contributed by atoms with Crippen LogP contribution in [0.5, 0.6) is 0 Å². The Kier molecular flexibility index (Phi) is 8.21. The summed E-state index contributed by atoms with van der Waals surface area (Å²) in [5, 5.41) is 2.19. The molecule has 5 nitrogen and oxygen atoms in total. The topological polar surface area (TPSA) is 56.7 Å². The van der Waals surface area contributed by atoms with Gasteiger partial charge in [0.2, 0.25) is 11.7 Å². The molecule has 5 heteroatoms. The lowest BCUT2D eigenvalue weighted by Gasteiger charge is -2.14. The third kappa shape index (κ3) is 6.01. The van der Waals surface area contributed by atoms with Gasteiger partial charge >= 0.3 is 0 Å². The van der Waals surface area contributed by atoms with Gasteiger partial charge in [0.1, 0.15) is 5.76 Å². The van der Waals surface area contributed by atoms with Crippen molar-refractivity contribution >= 4 is 28.1 Å². The van der Waals surface area contributed by atoms with E-state index in [0.29, 0.717) is 17.6 Å². The van der Waals surface area contributed by atoms with Crippen molar-refractivity contribution in [2.45, 2.75) is 12.8 Å². The Morgan fingerprint density at radius 2 is 0.862 bits per heavy atom. The molecule has 0 amide bonds. The molecular weight excluding hydrogens is 709 g/mol. The Balaban J connectivity index is 1.21. The number of hydrogen-bond donors (Lipinski definition) is 0. The number of furan rings is 1. The highest BCUT2D eigenvalue weighted by Gasteiger charge is 2.25. The Bertz CT molecular complexity index is 2890. The molecular formula is C53H36N4O. The predicted octanol–water partition coefficient (Wildman–Crippen LogP) is 13.5. The van der Waals surface area contributed by atoms with E-state index < -0.39 is 0 Å². The lowest BCUT2D eigenvalue weighted by atomic mass is 9.95. The zero-order valence-electron chi connectivity index (χ0n) is 31.6. The molecule has 0 aliphatic heterocycles. The fourth-order valence-electron chi connectivity index (χ4n) is 8.29. The van der Waals surface area contributed by atoms with Crippen LogP contribution in [-0.4, -0.2) is 19.5 Å². The minimum atomic E-state index is 0.499. The first-order valence-corrected chi connectivity index (χ1v) is 19.7. The van der Waals surface area contributed by atoms with Crippen molar-refractivity contribution in [2.24, 2.45) is 0 Å². The largest absolute Gasteiger partial charge is 0.443 e. The number of fused-ring (bicyclic) bond motifs is 5. The second kappa shape index (κ2) is 14.1. The number of aromatic nitrogens is 4. The molecule has 1 aliphatic carbocycles. The maximum Gasteiger partial charge on any atom is 0.241 e. The molecule has 0 bridgehead atoms. The maximum absolute atomic E-state index is 6.77. The monoisotopic (exact) mass is 744 g/mol. The van der Waals surface area contributed by atoms with Gasteiger partial charge in [-0.15, -0.1) is 0 Å². The minimum absolute atomic E-state index is 0.499. The van der Waals surface area contributed by atoms with E-state index >= 15 is 0 Å². The molecule has 3 aromatic heterocycles. The zero-order chi connectivity index (χ0) is 38.4. The van der Waals surface area contributed by atoms with Gasteiger partial charge in [-0.1, -0.05) is 152 Å². The number of rotatable bonds is 7. The first kappa shape index (κ1) is 33.7. The van der Waals surface area contributed by atoms with Gasteiger partial charge in [0.15, 0.2) is 11.6 Å². The van der Waals surface area contributed by atoms with Gasteiger partial charge in [0.05, 0.1) is 10.9 Å². The second-order valence-electron chi connectivity index (χ2n) is 14.8.